The fourth-order valence-electron chi connectivity index (χ4n) is 2.29. The van der Waals surface area contributed by atoms with Crippen LogP contribution in [0.2, 0.25) is 0 Å². The number of ether oxygens (including phenoxy) is 1. The van der Waals surface area contributed by atoms with Crippen molar-refractivity contribution >= 4 is 17.4 Å². The van der Waals surface area contributed by atoms with Crippen molar-refractivity contribution < 1.29 is 9.53 Å². The van der Waals surface area contributed by atoms with Gasteiger partial charge < -0.3 is 15.4 Å². The molecule has 0 saturated carbocycles. The predicted octanol–water partition coefficient (Wildman–Crippen LogP) is 3.16. The fraction of sp³-hybridized carbons (Fsp3) is 0.105. The van der Waals surface area contributed by atoms with E-state index >= 15 is 0 Å². The first kappa shape index (κ1) is 16.4. The SMILES string of the molecule is COc1ccccc1CNC(=O)c1cnc(Nc2ccccc2)cn1. The Morgan fingerprint density at radius 3 is 2.48 bits per heavy atom. The minimum atomic E-state index is -0.287. The maximum absolute atomic E-state index is 12.2. The summed E-state index contributed by atoms with van der Waals surface area (Å²) in [7, 11) is 1.60. The number of carbonyl (C=O) groups is 1. The standard InChI is InChI=1S/C19H18N4O2/c1-25-17-10-6-5-7-14(17)11-22-19(24)16-12-21-18(13-20-16)23-15-8-3-2-4-9-15/h2-10,12-13H,11H2,1H3,(H,21,23)(H,22,24). The second kappa shape index (κ2) is 7.92. The molecule has 0 spiro atoms. The Bertz CT molecular complexity index is 836. The van der Waals surface area contributed by atoms with Crippen molar-refractivity contribution in [1.29, 1.82) is 0 Å². The molecule has 2 aromatic carbocycles. The highest BCUT2D eigenvalue weighted by Crippen LogP contribution is 2.17. The summed E-state index contributed by atoms with van der Waals surface area (Å²) in [5.41, 5.74) is 2.06. The van der Waals surface area contributed by atoms with Gasteiger partial charge in [0.25, 0.3) is 5.91 Å². The Kier molecular flexibility index (Phi) is 5.21. The van der Waals surface area contributed by atoms with E-state index in [1.165, 1.54) is 12.4 Å². The maximum Gasteiger partial charge on any atom is 0.271 e. The Morgan fingerprint density at radius 2 is 1.76 bits per heavy atom. The zero-order chi connectivity index (χ0) is 17.5. The third kappa shape index (κ3) is 4.32. The molecule has 0 bridgehead atoms. The van der Waals surface area contributed by atoms with Gasteiger partial charge in [0.15, 0.2) is 0 Å². The highest BCUT2D eigenvalue weighted by molar-refractivity contribution is 5.92. The molecule has 0 radical (unpaired) electrons. The second-order valence-electron chi connectivity index (χ2n) is 5.27. The van der Waals surface area contributed by atoms with Crippen LogP contribution in [0.25, 0.3) is 0 Å². The lowest BCUT2D eigenvalue weighted by Gasteiger charge is -2.09. The Morgan fingerprint density at radius 1 is 1.00 bits per heavy atom. The van der Waals surface area contributed by atoms with E-state index in [9.17, 15) is 4.79 Å². The number of aromatic nitrogens is 2. The molecule has 0 aliphatic rings. The molecule has 1 amide bonds. The lowest BCUT2D eigenvalue weighted by atomic mass is 10.2. The van der Waals surface area contributed by atoms with Gasteiger partial charge in [-0.3, -0.25) is 4.79 Å². The lowest BCUT2D eigenvalue weighted by Crippen LogP contribution is -2.24. The van der Waals surface area contributed by atoms with E-state index in [2.05, 4.69) is 20.6 Å². The van der Waals surface area contributed by atoms with Crippen molar-refractivity contribution in [2.45, 2.75) is 6.54 Å². The first-order valence-electron chi connectivity index (χ1n) is 7.80. The summed E-state index contributed by atoms with van der Waals surface area (Å²) in [6, 6.07) is 17.2. The quantitative estimate of drug-likeness (QED) is 0.724. The molecule has 25 heavy (non-hydrogen) atoms. The molecule has 126 valence electrons. The molecule has 1 heterocycles. The number of carbonyl (C=O) groups excluding carboxylic acids is 1. The van der Waals surface area contributed by atoms with E-state index in [1.807, 2.05) is 54.6 Å². The van der Waals surface area contributed by atoms with Crippen molar-refractivity contribution in [1.82, 2.24) is 15.3 Å². The highest BCUT2D eigenvalue weighted by Gasteiger charge is 2.09. The van der Waals surface area contributed by atoms with Gasteiger partial charge in [0.2, 0.25) is 0 Å². The number of anilines is 2. The van der Waals surface area contributed by atoms with E-state index in [0.29, 0.717) is 12.4 Å². The van der Waals surface area contributed by atoms with Gasteiger partial charge in [0.1, 0.15) is 17.3 Å². The summed E-state index contributed by atoms with van der Waals surface area (Å²) in [4.78, 5) is 20.6. The number of nitrogens with one attached hydrogen (secondary N) is 2. The van der Waals surface area contributed by atoms with E-state index in [4.69, 9.17) is 4.74 Å². The van der Waals surface area contributed by atoms with Crippen molar-refractivity contribution in [3.8, 4) is 5.75 Å². The van der Waals surface area contributed by atoms with Crippen LogP contribution in [-0.4, -0.2) is 23.0 Å². The van der Waals surface area contributed by atoms with Crippen molar-refractivity contribution in [3.05, 3.63) is 78.2 Å². The first-order chi connectivity index (χ1) is 12.3. The average Bonchev–Trinajstić information content (AvgIpc) is 2.67. The molecule has 0 aliphatic carbocycles. The van der Waals surface area contributed by atoms with Gasteiger partial charge in [0, 0.05) is 17.8 Å². The number of hydrogen-bond acceptors (Lipinski definition) is 5. The normalized spacial score (nSPS) is 10.1. The van der Waals surface area contributed by atoms with E-state index < -0.39 is 0 Å². The number of amides is 1. The summed E-state index contributed by atoms with van der Waals surface area (Å²) < 4.78 is 5.27. The third-order valence-electron chi connectivity index (χ3n) is 3.56. The minimum absolute atomic E-state index is 0.258. The van der Waals surface area contributed by atoms with Gasteiger partial charge >= 0.3 is 0 Å². The summed E-state index contributed by atoms with van der Waals surface area (Å²) in [6.07, 6.45) is 2.98. The van der Waals surface area contributed by atoms with Crippen LogP contribution in [-0.2, 0) is 6.54 Å². The number of nitrogens with zero attached hydrogens (tertiary/aromatic N) is 2. The molecule has 3 rings (SSSR count). The molecule has 2 N–H and O–H groups in total. The van der Waals surface area contributed by atoms with E-state index in [0.717, 1.165) is 17.0 Å². The number of benzene rings is 2. The summed E-state index contributed by atoms with van der Waals surface area (Å²) in [5, 5.41) is 5.94. The summed E-state index contributed by atoms with van der Waals surface area (Å²) >= 11 is 0. The Labute approximate surface area is 145 Å². The monoisotopic (exact) mass is 334 g/mol. The molecule has 0 atom stereocenters. The second-order valence-corrected chi connectivity index (χ2v) is 5.27. The zero-order valence-electron chi connectivity index (χ0n) is 13.8. The summed E-state index contributed by atoms with van der Waals surface area (Å²) in [6.45, 7) is 0.356. The van der Waals surface area contributed by atoms with Gasteiger partial charge in [-0.1, -0.05) is 36.4 Å². The Balaban J connectivity index is 1.61. The number of rotatable bonds is 6. The van der Waals surface area contributed by atoms with Crippen LogP contribution in [0.3, 0.4) is 0 Å². The Hall–Kier alpha value is -3.41. The smallest absolute Gasteiger partial charge is 0.271 e. The molecular formula is C19H18N4O2. The lowest BCUT2D eigenvalue weighted by molar-refractivity contribution is 0.0945. The fourth-order valence-corrected chi connectivity index (χ4v) is 2.29. The number of hydrogen-bond donors (Lipinski definition) is 2. The number of para-hydroxylation sites is 2. The largest absolute Gasteiger partial charge is 0.496 e. The van der Waals surface area contributed by atoms with Gasteiger partial charge in [0.05, 0.1) is 19.5 Å². The molecule has 6 heteroatoms. The molecule has 0 unspecified atom stereocenters. The van der Waals surface area contributed by atoms with E-state index in [-0.39, 0.29) is 11.6 Å². The topological polar surface area (TPSA) is 76.1 Å². The predicted molar refractivity (Wildman–Crippen MR) is 95.9 cm³/mol. The van der Waals surface area contributed by atoms with Crippen molar-refractivity contribution in [2.75, 3.05) is 12.4 Å². The van der Waals surface area contributed by atoms with Gasteiger partial charge in [-0.05, 0) is 18.2 Å². The molecule has 0 fully saturated rings. The van der Waals surface area contributed by atoms with Crippen LogP contribution in [0, 0.1) is 0 Å². The maximum atomic E-state index is 12.2. The molecular weight excluding hydrogens is 316 g/mol. The van der Waals surface area contributed by atoms with Crippen LogP contribution in [0.15, 0.2) is 67.0 Å². The van der Waals surface area contributed by atoms with Crippen LogP contribution in [0.4, 0.5) is 11.5 Å². The molecule has 3 aromatic rings. The zero-order valence-corrected chi connectivity index (χ0v) is 13.8. The first-order valence-corrected chi connectivity index (χ1v) is 7.80. The highest BCUT2D eigenvalue weighted by atomic mass is 16.5. The molecule has 6 nitrogen and oxygen atoms in total. The van der Waals surface area contributed by atoms with Crippen LogP contribution in [0.5, 0.6) is 5.75 Å². The summed E-state index contributed by atoms with van der Waals surface area (Å²) in [5.74, 6) is 1.02. The molecule has 0 saturated heterocycles. The van der Waals surface area contributed by atoms with Crippen molar-refractivity contribution in [2.24, 2.45) is 0 Å². The van der Waals surface area contributed by atoms with E-state index in [1.54, 1.807) is 7.11 Å². The third-order valence-corrected chi connectivity index (χ3v) is 3.56. The van der Waals surface area contributed by atoms with Crippen LogP contribution >= 0.6 is 0 Å². The van der Waals surface area contributed by atoms with Gasteiger partial charge in [-0.2, -0.15) is 0 Å². The molecule has 0 aliphatic heterocycles. The van der Waals surface area contributed by atoms with Crippen molar-refractivity contribution in [3.63, 3.8) is 0 Å². The molecule has 1 aromatic heterocycles. The van der Waals surface area contributed by atoms with Gasteiger partial charge in [-0.25, -0.2) is 9.97 Å². The van der Waals surface area contributed by atoms with Crippen LogP contribution < -0.4 is 15.4 Å². The van der Waals surface area contributed by atoms with Gasteiger partial charge in [-0.15, -0.1) is 0 Å². The minimum Gasteiger partial charge on any atom is -0.496 e. The average molecular weight is 334 g/mol. The number of methoxy groups -OCH3 is 1. The van der Waals surface area contributed by atoms with Crippen LogP contribution in [0.1, 0.15) is 16.1 Å².